The van der Waals surface area contributed by atoms with E-state index in [-0.39, 0.29) is 6.61 Å². The highest BCUT2D eigenvalue weighted by atomic mass is 35.5. The molecule has 7 heteroatoms. The highest BCUT2D eigenvalue weighted by Crippen LogP contribution is 2.44. The molecule has 0 atom stereocenters. The first kappa shape index (κ1) is 15.0. The van der Waals surface area contributed by atoms with Crippen LogP contribution in [0.25, 0.3) is 0 Å². The second kappa shape index (κ2) is 5.64. The smallest absolute Gasteiger partial charge is 0.140 e. The van der Waals surface area contributed by atoms with E-state index in [2.05, 4.69) is 9.88 Å². The first-order valence-corrected chi connectivity index (χ1v) is 9.83. The Balaban J connectivity index is 1.49. The molecular formula is C17H19ClN4OS. The highest BCUT2D eigenvalue weighted by Gasteiger charge is 2.32. The number of aliphatic hydroxyl groups excluding tert-OH is 1. The first-order chi connectivity index (χ1) is 11.7. The SMILES string of the molecule is OCc1c(Cl)nc(C2CC2)nc1N1CCc2nc(C3CC3)sc2C1. The van der Waals surface area contributed by atoms with E-state index in [0.29, 0.717) is 22.6 Å². The van der Waals surface area contributed by atoms with E-state index in [4.69, 9.17) is 21.6 Å². The molecule has 5 nitrogen and oxygen atoms in total. The number of aliphatic hydroxyl groups is 1. The van der Waals surface area contributed by atoms with E-state index >= 15 is 0 Å². The number of thiazole rings is 1. The van der Waals surface area contributed by atoms with Crippen molar-refractivity contribution in [2.45, 2.75) is 57.1 Å². The second-order valence-electron chi connectivity index (χ2n) is 6.97. The lowest BCUT2D eigenvalue weighted by Gasteiger charge is -2.29. The summed E-state index contributed by atoms with van der Waals surface area (Å²) in [7, 11) is 0. The van der Waals surface area contributed by atoms with Crippen molar-refractivity contribution in [1.82, 2.24) is 15.0 Å². The van der Waals surface area contributed by atoms with Crippen molar-refractivity contribution in [3.05, 3.63) is 32.1 Å². The van der Waals surface area contributed by atoms with E-state index in [9.17, 15) is 5.11 Å². The molecule has 3 aliphatic rings. The Hall–Kier alpha value is -1.24. The summed E-state index contributed by atoms with van der Waals surface area (Å²) >= 11 is 8.19. The Morgan fingerprint density at radius 1 is 1.12 bits per heavy atom. The Kier molecular flexibility index (Phi) is 3.54. The van der Waals surface area contributed by atoms with Crippen LogP contribution in [0.3, 0.4) is 0 Å². The van der Waals surface area contributed by atoms with Gasteiger partial charge in [-0.15, -0.1) is 11.3 Å². The summed E-state index contributed by atoms with van der Waals surface area (Å²) in [6.45, 7) is 1.55. The molecule has 2 saturated carbocycles. The lowest BCUT2D eigenvalue weighted by molar-refractivity contribution is 0.281. The summed E-state index contributed by atoms with van der Waals surface area (Å²) in [4.78, 5) is 17.6. The van der Waals surface area contributed by atoms with Crippen LogP contribution >= 0.6 is 22.9 Å². The topological polar surface area (TPSA) is 62.1 Å². The molecule has 0 bridgehead atoms. The van der Waals surface area contributed by atoms with Crippen LogP contribution in [-0.2, 0) is 19.6 Å². The molecule has 0 radical (unpaired) electrons. The quantitative estimate of drug-likeness (QED) is 0.844. The number of aromatic nitrogens is 3. The zero-order valence-corrected chi connectivity index (χ0v) is 14.9. The molecule has 0 amide bonds. The molecule has 2 fully saturated rings. The third-order valence-corrected chi connectivity index (χ3v) is 6.58. The van der Waals surface area contributed by atoms with E-state index in [1.165, 1.54) is 28.4 Å². The molecule has 126 valence electrons. The van der Waals surface area contributed by atoms with Gasteiger partial charge in [-0.05, 0) is 25.7 Å². The second-order valence-corrected chi connectivity index (χ2v) is 8.45. The fourth-order valence-electron chi connectivity index (χ4n) is 3.28. The number of rotatable bonds is 4. The highest BCUT2D eigenvalue weighted by molar-refractivity contribution is 7.11. The number of fused-ring (bicyclic) bond motifs is 1. The van der Waals surface area contributed by atoms with Crippen LogP contribution in [0.1, 0.15) is 64.5 Å². The minimum atomic E-state index is -0.127. The van der Waals surface area contributed by atoms with Crippen molar-refractivity contribution in [3.8, 4) is 0 Å². The van der Waals surface area contributed by atoms with Crippen molar-refractivity contribution in [2.24, 2.45) is 0 Å². The predicted molar refractivity (Wildman–Crippen MR) is 93.8 cm³/mol. The lowest BCUT2D eigenvalue weighted by atomic mass is 10.1. The standard InChI is InChI=1S/C17H19ClN4OS/c18-14-11(8-23)16(21-15(20-14)9-1-2-9)22-6-5-12-13(7-22)24-17(19-12)10-3-4-10/h9-10,23H,1-8H2. The lowest BCUT2D eigenvalue weighted by Crippen LogP contribution is -2.31. The maximum absolute atomic E-state index is 9.75. The van der Waals surface area contributed by atoms with Crippen molar-refractivity contribution in [2.75, 3.05) is 11.4 Å². The minimum absolute atomic E-state index is 0.127. The first-order valence-electron chi connectivity index (χ1n) is 8.63. The van der Waals surface area contributed by atoms with Gasteiger partial charge in [0.2, 0.25) is 0 Å². The van der Waals surface area contributed by atoms with Crippen LogP contribution in [0.4, 0.5) is 5.82 Å². The van der Waals surface area contributed by atoms with Crippen molar-refractivity contribution >= 4 is 28.8 Å². The molecule has 2 aromatic heterocycles. The summed E-state index contributed by atoms with van der Waals surface area (Å²) in [5.74, 6) is 2.80. The number of nitrogens with zero attached hydrogens (tertiary/aromatic N) is 4. The van der Waals surface area contributed by atoms with Gasteiger partial charge in [-0.2, -0.15) is 0 Å². The zero-order valence-electron chi connectivity index (χ0n) is 13.3. The van der Waals surface area contributed by atoms with Gasteiger partial charge in [0.05, 0.1) is 29.4 Å². The summed E-state index contributed by atoms with van der Waals surface area (Å²) in [5.41, 5.74) is 1.91. The summed E-state index contributed by atoms with van der Waals surface area (Å²) in [6.07, 6.45) is 5.79. The third kappa shape index (κ3) is 2.61. The molecule has 0 unspecified atom stereocenters. The summed E-state index contributed by atoms with van der Waals surface area (Å²) < 4.78 is 0. The summed E-state index contributed by atoms with van der Waals surface area (Å²) in [5, 5.41) is 11.5. The van der Waals surface area contributed by atoms with Gasteiger partial charge in [-0.25, -0.2) is 15.0 Å². The number of hydrogen-bond donors (Lipinski definition) is 1. The molecular weight excluding hydrogens is 344 g/mol. The van der Waals surface area contributed by atoms with Gasteiger partial charge in [0, 0.05) is 29.7 Å². The third-order valence-electron chi connectivity index (χ3n) is 5.03. The van der Waals surface area contributed by atoms with Crippen molar-refractivity contribution in [1.29, 1.82) is 0 Å². The van der Waals surface area contributed by atoms with E-state index in [1.54, 1.807) is 0 Å². The van der Waals surface area contributed by atoms with Gasteiger partial charge in [0.25, 0.3) is 0 Å². The van der Waals surface area contributed by atoms with E-state index in [0.717, 1.165) is 44.0 Å². The molecule has 1 aliphatic heterocycles. The van der Waals surface area contributed by atoms with Crippen LogP contribution in [0.5, 0.6) is 0 Å². The molecule has 0 spiro atoms. The van der Waals surface area contributed by atoms with Crippen LogP contribution in [-0.4, -0.2) is 26.6 Å². The average molecular weight is 363 g/mol. The van der Waals surface area contributed by atoms with Crippen LogP contribution in [0, 0.1) is 0 Å². The molecule has 1 N–H and O–H groups in total. The molecule has 5 rings (SSSR count). The summed E-state index contributed by atoms with van der Waals surface area (Å²) in [6, 6.07) is 0. The van der Waals surface area contributed by atoms with Gasteiger partial charge < -0.3 is 10.0 Å². The molecule has 2 aromatic rings. The van der Waals surface area contributed by atoms with Gasteiger partial charge in [-0.3, -0.25) is 0 Å². The van der Waals surface area contributed by atoms with Crippen molar-refractivity contribution < 1.29 is 5.11 Å². The van der Waals surface area contributed by atoms with E-state index < -0.39 is 0 Å². The monoisotopic (exact) mass is 362 g/mol. The van der Waals surface area contributed by atoms with Crippen LogP contribution < -0.4 is 4.90 Å². The molecule has 0 saturated heterocycles. The Labute approximate surface area is 149 Å². The fourth-order valence-corrected chi connectivity index (χ4v) is 4.81. The molecule has 2 aliphatic carbocycles. The molecule has 0 aromatic carbocycles. The average Bonchev–Trinajstić information content (AvgIpc) is 3.49. The van der Waals surface area contributed by atoms with Gasteiger partial charge in [0.1, 0.15) is 16.8 Å². The largest absolute Gasteiger partial charge is 0.391 e. The number of halogens is 1. The van der Waals surface area contributed by atoms with Crippen LogP contribution in [0.15, 0.2) is 0 Å². The minimum Gasteiger partial charge on any atom is -0.391 e. The van der Waals surface area contributed by atoms with Gasteiger partial charge >= 0.3 is 0 Å². The molecule has 24 heavy (non-hydrogen) atoms. The number of anilines is 1. The van der Waals surface area contributed by atoms with Gasteiger partial charge in [0.15, 0.2) is 0 Å². The van der Waals surface area contributed by atoms with Gasteiger partial charge in [-0.1, -0.05) is 11.6 Å². The normalized spacial score (nSPS) is 20.3. The van der Waals surface area contributed by atoms with Crippen LogP contribution in [0.2, 0.25) is 5.15 Å². The molecule has 3 heterocycles. The van der Waals surface area contributed by atoms with E-state index in [1.807, 2.05) is 11.3 Å². The Bertz CT molecular complexity index is 800. The fraction of sp³-hybridized carbons (Fsp3) is 0.588. The maximum atomic E-state index is 9.75. The maximum Gasteiger partial charge on any atom is 0.140 e. The van der Waals surface area contributed by atoms with Crippen molar-refractivity contribution in [3.63, 3.8) is 0 Å². The number of hydrogen-bond acceptors (Lipinski definition) is 6. The Morgan fingerprint density at radius 3 is 2.62 bits per heavy atom. The Morgan fingerprint density at radius 2 is 1.92 bits per heavy atom. The zero-order chi connectivity index (χ0) is 16.3. The predicted octanol–water partition coefficient (Wildman–Crippen LogP) is 3.40.